The molecule has 26 heavy (non-hydrogen) atoms. The second kappa shape index (κ2) is 7.37. The van der Waals surface area contributed by atoms with Gasteiger partial charge >= 0.3 is 0 Å². The highest BCUT2D eigenvalue weighted by Crippen LogP contribution is 2.41. The van der Waals surface area contributed by atoms with Crippen molar-refractivity contribution >= 4 is 34.9 Å². The van der Waals surface area contributed by atoms with Gasteiger partial charge in [0.25, 0.3) is 0 Å². The average molecular weight is 378 g/mol. The van der Waals surface area contributed by atoms with Crippen LogP contribution in [0, 0.1) is 22.7 Å². The molecular weight excluding hydrogens is 366 g/mol. The topological polar surface area (TPSA) is 113 Å². The standard InChI is InChI=1S/C19H12ClN5S/c20-14-6-2-1-5-11(14)17-12(9-21)18(24)25-19(13(17)10-22)26-16-8-4-3-7-15(16)23/h1-8H,23H2,(H2,24,25). The molecule has 1 heterocycles. The summed E-state index contributed by atoms with van der Waals surface area (Å²) in [5, 5.41) is 20.1. The van der Waals surface area contributed by atoms with Crippen LogP contribution in [0.5, 0.6) is 0 Å². The first kappa shape index (κ1) is 17.6. The number of halogens is 1. The third-order valence-electron chi connectivity index (χ3n) is 3.68. The molecule has 0 bridgehead atoms. The molecule has 0 aliphatic carbocycles. The van der Waals surface area contributed by atoms with E-state index in [0.717, 1.165) is 4.90 Å². The first-order valence-electron chi connectivity index (χ1n) is 7.47. The van der Waals surface area contributed by atoms with E-state index in [9.17, 15) is 10.5 Å². The fraction of sp³-hybridized carbons (Fsp3) is 0. The number of nitrogen functional groups attached to an aromatic ring is 2. The summed E-state index contributed by atoms with van der Waals surface area (Å²) in [7, 11) is 0. The zero-order chi connectivity index (χ0) is 18.7. The van der Waals surface area contributed by atoms with Crippen molar-refractivity contribution in [2.75, 3.05) is 11.5 Å². The molecule has 3 rings (SSSR count). The maximum atomic E-state index is 9.78. The number of nitrogens with two attached hydrogens (primary N) is 2. The highest BCUT2D eigenvalue weighted by molar-refractivity contribution is 7.99. The van der Waals surface area contributed by atoms with Crippen LogP contribution in [0.15, 0.2) is 58.5 Å². The van der Waals surface area contributed by atoms with Crippen LogP contribution in [0.4, 0.5) is 11.5 Å². The normalized spacial score (nSPS) is 10.1. The van der Waals surface area contributed by atoms with Crippen LogP contribution in [0.1, 0.15) is 11.1 Å². The molecule has 0 spiro atoms. The molecular formula is C19H12ClN5S. The molecule has 4 N–H and O–H groups in total. The Balaban J connectivity index is 2.29. The maximum absolute atomic E-state index is 9.78. The predicted molar refractivity (Wildman–Crippen MR) is 104 cm³/mol. The number of para-hydroxylation sites is 1. The van der Waals surface area contributed by atoms with Crippen molar-refractivity contribution in [2.45, 2.75) is 9.92 Å². The predicted octanol–water partition coefficient (Wildman–Crippen LogP) is 4.46. The van der Waals surface area contributed by atoms with Crippen LogP contribution in [-0.4, -0.2) is 4.98 Å². The van der Waals surface area contributed by atoms with Crippen molar-refractivity contribution in [3.8, 4) is 23.3 Å². The Morgan fingerprint density at radius 1 is 0.923 bits per heavy atom. The smallest absolute Gasteiger partial charge is 0.143 e. The summed E-state index contributed by atoms with van der Waals surface area (Å²) < 4.78 is 0. The molecule has 0 fully saturated rings. The highest BCUT2D eigenvalue weighted by atomic mass is 35.5. The quantitative estimate of drug-likeness (QED) is 0.651. The van der Waals surface area contributed by atoms with E-state index in [-0.39, 0.29) is 16.9 Å². The molecule has 1 aromatic heterocycles. The molecule has 5 nitrogen and oxygen atoms in total. The van der Waals surface area contributed by atoms with Gasteiger partial charge in [-0.1, -0.05) is 53.7 Å². The molecule has 0 aliphatic heterocycles. The molecule has 2 aromatic carbocycles. The van der Waals surface area contributed by atoms with Crippen LogP contribution in [0.2, 0.25) is 5.02 Å². The minimum Gasteiger partial charge on any atom is -0.398 e. The van der Waals surface area contributed by atoms with E-state index in [1.807, 2.05) is 24.3 Å². The summed E-state index contributed by atoms with van der Waals surface area (Å²) in [6.45, 7) is 0. The van der Waals surface area contributed by atoms with Crippen molar-refractivity contribution in [3.63, 3.8) is 0 Å². The second-order valence-electron chi connectivity index (χ2n) is 5.27. The molecule has 0 aliphatic rings. The SMILES string of the molecule is N#Cc1c(N)nc(Sc2ccccc2N)c(C#N)c1-c1ccccc1Cl. The van der Waals surface area contributed by atoms with Gasteiger partial charge in [-0.3, -0.25) is 0 Å². The Bertz CT molecular complexity index is 1080. The lowest BCUT2D eigenvalue weighted by molar-refractivity contribution is 1.11. The van der Waals surface area contributed by atoms with Gasteiger partial charge < -0.3 is 11.5 Å². The summed E-state index contributed by atoms with van der Waals surface area (Å²) in [5.74, 6) is 0.0402. The lowest BCUT2D eigenvalue weighted by Gasteiger charge is -2.14. The molecule has 3 aromatic rings. The lowest BCUT2D eigenvalue weighted by Crippen LogP contribution is -2.03. The molecule has 7 heteroatoms. The third kappa shape index (κ3) is 3.16. The zero-order valence-electron chi connectivity index (χ0n) is 13.4. The van der Waals surface area contributed by atoms with Crippen LogP contribution < -0.4 is 11.5 Å². The number of nitriles is 2. The van der Waals surface area contributed by atoms with E-state index < -0.39 is 0 Å². The Morgan fingerprint density at radius 3 is 2.23 bits per heavy atom. The molecule has 126 valence electrons. The number of hydrogen-bond donors (Lipinski definition) is 2. The molecule has 0 saturated heterocycles. The Hall–Kier alpha value is -3.19. The number of hydrogen-bond acceptors (Lipinski definition) is 6. The molecule has 0 amide bonds. The van der Waals surface area contributed by atoms with Crippen molar-refractivity contribution in [1.29, 1.82) is 10.5 Å². The summed E-state index contributed by atoms with van der Waals surface area (Å²) >= 11 is 7.52. The minimum absolute atomic E-state index is 0.0402. The van der Waals surface area contributed by atoms with E-state index >= 15 is 0 Å². The van der Waals surface area contributed by atoms with E-state index in [4.69, 9.17) is 23.1 Å². The van der Waals surface area contributed by atoms with Crippen molar-refractivity contribution in [2.24, 2.45) is 0 Å². The third-order valence-corrected chi connectivity index (χ3v) is 5.09. The van der Waals surface area contributed by atoms with Crippen LogP contribution in [0.3, 0.4) is 0 Å². The fourth-order valence-corrected chi connectivity index (χ4v) is 3.65. The Kier molecular flexibility index (Phi) is 4.99. The Labute approximate surface area is 159 Å². The number of aromatic nitrogens is 1. The summed E-state index contributed by atoms with van der Waals surface area (Å²) in [6.07, 6.45) is 0. The summed E-state index contributed by atoms with van der Waals surface area (Å²) in [4.78, 5) is 5.01. The average Bonchev–Trinajstić information content (AvgIpc) is 2.63. The van der Waals surface area contributed by atoms with Crippen molar-refractivity contribution in [3.05, 3.63) is 64.7 Å². The van der Waals surface area contributed by atoms with E-state index in [1.54, 1.807) is 30.3 Å². The number of pyridine rings is 1. The van der Waals surface area contributed by atoms with Gasteiger partial charge in [0.2, 0.25) is 0 Å². The molecule has 0 saturated carbocycles. The van der Waals surface area contributed by atoms with Crippen LogP contribution >= 0.6 is 23.4 Å². The highest BCUT2D eigenvalue weighted by Gasteiger charge is 2.22. The zero-order valence-corrected chi connectivity index (χ0v) is 15.0. The number of benzene rings is 2. The second-order valence-corrected chi connectivity index (χ2v) is 6.71. The largest absolute Gasteiger partial charge is 0.398 e. The van der Waals surface area contributed by atoms with Crippen molar-refractivity contribution < 1.29 is 0 Å². The fourth-order valence-electron chi connectivity index (χ4n) is 2.48. The van der Waals surface area contributed by atoms with Gasteiger partial charge in [0.1, 0.15) is 28.5 Å². The van der Waals surface area contributed by atoms with Gasteiger partial charge in [-0.05, 0) is 18.2 Å². The van der Waals surface area contributed by atoms with Gasteiger partial charge in [-0.25, -0.2) is 4.98 Å². The van der Waals surface area contributed by atoms with Gasteiger partial charge in [-0.2, -0.15) is 10.5 Å². The summed E-state index contributed by atoms with van der Waals surface area (Å²) in [6, 6.07) is 18.4. The Morgan fingerprint density at radius 2 is 1.58 bits per heavy atom. The minimum atomic E-state index is 0.0402. The van der Waals surface area contributed by atoms with E-state index in [0.29, 0.717) is 26.9 Å². The lowest BCUT2D eigenvalue weighted by atomic mass is 9.97. The maximum Gasteiger partial charge on any atom is 0.143 e. The van der Waals surface area contributed by atoms with E-state index in [1.165, 1.54) is 11.8 Å². The van der Waals surface area contributed by atoms with Gasteiger partial charge in [0.15, 0.2) is 0 Å². The van der Waals surface area contributed by atoms with Crippen LogP contribution in [0.25, 0.3) is 11.1 Å². The van der Waals surface area contributed by atoms with Crippen LogP contribution in [-0.2, 0) is 0 Å². The summed E-state index contributed by atoms with van der Waals surface area (Å²) in [5.41, 5.74) is 13.8. The van der Waals surface area contributed by atoms with E-state index in [2.05, 4.69) is 11.1 Å². The first-order valence-corrected chi connectivity index (χ1v) is 8.67. The first-order chi connectivity index (χ1) is 12.6. The molecule has 0 atom stereocenters. The van der Waals surface area contributed by atoms with Gasteiger partial charge in [-0.15, -0.1) is 0 Å². The number of rotatable bonds is 3. The molecule has 0 unspecified atom stereocenters. The number of anilines is 2. The van der Waals surface area contributed by atoms with Gasteiger partial charge in [0.05, 0.1) is 5.56 Å². The van der Waals surface area contributed by atoms with Crippen molar-refractivity contribution in [1.82, 2.24) is 4.98 Å². The molecule has 0 radical (unpaired) electrons. The van der Waals surface area contributed by atoms with Gasteiger partial charge in [0, 0.05) is 26.7 Å². The number of nitrogens with zero attached hydrogens (tertiary/aromatic N) is 3. The monoisotopic (exact) mass is 377 g/mol.